The van der Waals surface area contributed by atoms with E-state index in [0.717, 1.165) is 25.8 Å². The molecule has 0 spiro atoms. The summed E-state index contributed by atoms with van der Waals surface area (Å²) >= 11 is 0. The number of hydrogen-bond donors (Lipinski definition) is 1. The van der Waals surface area contributed by atoms with Gasteiger partial charge in [-0.3, -0.25) is 9.59 Å². The van der Waals surface area contributed by atoms with Crippen LogP contribution in [0.25, 0.3) is 0 Å². The first-order valence-corrected chi connectivity index (χ1v) is 8.18. The van der Waals surface area contributed by atoms with Crippen molar-refractivity contribution in [3.63, 3.8) is 0 Å². The van der Waals surface area contributed by atoms with Crippen LogP contribution in [0.2, 0.25) is 0 Å². The molecule has 1 aliphatic rings. The molecule has 0 aromatic rings. The van der Waals surface area contributed by atoms with Crippen molar-refractivity contribution in [1.29, 1.82) is 0 Å². The van der Waals surface area contributed by atoms with Crippen molar-refractivity contribution in [2.75, 3.05) is 33.7 Å². The normalized spacial score (nSPS) is 16.6. The molecule has 1 fully saturated rings. The molecule has 0 aliphatic heterocycles. The van der Waals surface area contributed by atoms with E-state index in [1.807, 2.05) is 14.1 Å². The van der Waals surface area contributed by atoms with E-state index in [0.29, 0.717) is 12.6 Å². The fourth-order valence-electron chi connectivity index (χ4n) is 2.80. The summed E-state index contributed by atoms with van der Waals surface area (Å²) in [6, 6.07) is 0.301. The Kier molecular flexibility index (Phi) is 8.35. The van der Waals surface area contributed by atoms with E-state index in [-0.39, 0.29) is 18.4 Å². The van der Waals surface area contributed by atoms with Gasteiger partial charge in [0.15, 0.2) is 0 Å². The van der Waals surface area contributed by atoms with Crippen LogP contribution < -0.4 is 5.32 Å². The van der Waals surface area contributed by atoms with Crippen molar-refractivity contribution < 1.29 is 9.59 Å². The number of nitrogens with one attached hydrogen (secondary N) is 1. The number of nitrogens with zero attached hydrogens (tertiary/aromatic N) is 2. The summed E-state index contributed by atoms with van der Waals surface area (Å²) in [6.07, 6.45) is 7.99. The maximum Gasteiger partial charge on any atom is 0.239 e. The molecule has 122 valence electrons. The second-order valence-electron chi connectivity index (χ2n) is 6.35. The predicted molar refractivity (Wildman–Crippen MR) is 85.1 cm³/mol. The van der Waals surface area contributed by atoms with Gasteiger partial charge >= 0.3 is 0 Å². The Morgan fingerprint density at radius 3 is 2.19 bits per heavy atom. The zero-order valence-electron chi connectivity index (χ0n) is 13.9. The highest BCUT2D eigenvalue weighted by Gasteiger charge is 2.18. The van der Waals surface area contributed by atoms with Gasteiger partial charge in [0.25, 0.3) is 0 Å². The van der Waals surface area contributed by atoms with Crippen molar-refractivity contribution >= 4 is 11.8 Å². The van der Waals surface area contributed by atoms with Gasteiger partial charge in [-0.2, -0.15) is 0 Å². The topological polar surface area (TPSA) is 52.7 Å². The molecule has 0 atom stereocenters. The summed E-state index contributed by atoms with van der Waals surface area (Å²) in [4.78, 5) is 27.5. The van der Waals surface area contributed by atoms with Crippen molar-refractivity contribution in [3.8, 4) is 0 Å². The Labute approximate surface area is 129 Å². The van der Waals surface area contributed by atoms with Crippen molar-refractivity contribution in [3.05, 3.63) is 0 Å². The Hall–Kier alpha value is -1.10. The highest BCUT2D eigenvalue weighted by Crippen LogP contribution is 2.17. The van der Waals surface area contributed by atoms with Gasteiger partial charge in [-0.1, -0.05) is 25.7 Å². The Morgan fingerprint density at radius 2 is 1.67 bits per heavy atom. The Bertz CT molecular complexity index is 323. The minimum atomic E-state index is -0.0234. The fraction of sp³-hybridized carbons (Fsp3) is 0.875. The van der Waals surface area contributed by atoms with E-state index in [4.69, 9.17) is 0 Å². The van der Waals surface area contributed by atoms with E-state index in [1.54, 1.807) is 4.90 Å². The van der Waals surface area contributed by atoms with Crippen molar-refractivity contribution in [1.82, 2.24) is 15.1 Å². The smallest absolute Gasteiger partial charge is 0.239 e. The molecule has 0 aromatic heterocycles. The molecule has 1 rings (SSSR count). The van der Waals surface area contributed by atoms with E-state index in [1.165, 1.54) is 32.6 Å². The van der Waals surface area contributed by atoms with Crippen LogP contribution in [0.4, 0.5) is 0 Å². The molecule has 0 radical (unpaired) electrons. The predicted octanol–water partition coefficient (Wildman–Crippen LogP) is 1.63. The molecule has 0 heterocycles. The monoisotopic (exact) mass is 297 g/mol. The highest BCUT2D eigenvalue weighted by molar-refractivity contribution is 5.83. The summed E-state index contributed by atoms with van der Waals surface area (Å²) in [5.74, 6) is -0.0354. The standard InChI is InChI=1S/C16H31N3O2/c1-14(20)19(12-8-11-18(2)3)13-16(21)17-15-9-6-4-5-7-10-15/h15H,4-13H2,1-3H3,(H,17,21). The lowest BCUT2D eigenvalue weighted by Crippen LogP contribution is -2.44. The summed E-state index contributed by atoms with van der Waals surface area (Å²) in [5.41, 5.74) is 0. The average molecular weight is 297 g/mol. The molecule has 1 saturated carbocycles. The fourth-order valence-corrected chi connectivity index (χ4v) is 2.80. The SMILES string of the molecule is CC(=O)N(CCCN(C)C)CC(=O)NC1CCCCCC1. The summed E-state index contributed by atoms with van der Waals surface area (Å²) in [7, 11) is 4.02. The third kappa shape index (κ3) is 8.05. The van der Waals surface area contributed by atoms with Crippen molar-refractivity contribution in [2.24, 2.45) is 0 Å². The summed E-state index contributed by atoms with van der Waals surface area (Å²) < 4.78 is 0. The molecule has 1 aliphatic carbocycles. The van der Waals surface area contributed by atoms with Crippen LogP contribution in [0.1, 0.15) is 51.9 Å². The lowest BCUT2D eigenvalue weighted by Gasteiger charge is -2.23. The molecule has 1 N–H and O–H groups in total. The number of hydrogen-bond acceptors (Lipinski definition) is 3. The lowest BCUT2D eigenvalue weighted by atomic mass is 10.1. The molecule has 0 saturated heterocycles. The number of amides is 2. The Balaban J connectivity index is 2.35. The summed E-state index contributed by atoms with van der Waals surface area (Å²) in [6.45, 7) is 3.30. The molecule has 0 bridgehead atoms. The number of carbonyl (C=O) groups is 2. The van der Waals surface area contributed by atoms with E-state index in [9.17, 15) is 9.59 Å². The summed E-state index contributed by atoms with van der Waals surface area (Å²) in [5, 5.41) is 3.10. The average Bonchev–Trinajstić information content (AvgIpc) is 2.65. The van der Waals surface area contributed by atoms with Crippen LogP contribution in [-0.4, -0.2) is 61.4 Å². The minimum absolute atomic E-state index is 0.0121. The number of rotatable bonds is 7. The van der Waals surface area contributed by atoms with E-state index >= 15 is 0 Å². The zero-order chi connectivity index (χ0) is 15.7. The van der Waals surface area contributed by atoms with E-state index in [2.05, 4.69) is 10.2 Å². The van der Waals surface area contributed by atoms with Gasteiger partial charge in [-0.15, -0.1) is 0 Å². The minimum Gasteiger partial charge on any atom is -0.352 e. The van der Waals surface area contributed by atoms with Gasteiger partial charge in [0, 0.05) is 19.5 Å². The highest BCUT2D eigenvalue weighted by atomic mass is 16.2. The molecule has 5 nitrogen and oxygen atoms in total. The molecule has 0 unspecified atom stereocenters. The third-order valence-electron chi connectivity index (χ3n) is 4.03. The van der Waals surface area contributed by atoms with Gasteiger partial charge in [-0.25, -0.2) is 0 Å². The molecular formula is C16H31N3O2. The quantitative estimate of drug-likeness (QED) is 0.727. The molecular weight excluding hydrogens is 266 g/mol. The number of carbonyl (C=O) groups excluding carboxylic acids is 2. The van der Waals surface area contributed by atoms with Crippen LogP contribution in [0, 0.1) is 0 Å². The largest absolute Gasteiger partial charge is 0.352 e. The molecule has 0 aromatic carbocycles. The second kappa shape index (κ2) is 9.77. The van der Waals surface area contributed by atoms with E-state index < -0.39 is 0 Å². The van der Waals surface area contributed by atoms with Crippen LogP contribution in [0.3, 0.4) is 0 Å². The zero-order valence-corrected chi connectivity index (χ0v) is 13.9. The van der Waals surface area contributed by atoms with Crippen LogP contribution in [-0.2, 0) is 9.59 Å². The lowest BCUT2D eigenvalue weighted by molar-refractivity contribution is -0.134. The van der Waals surface area contributed by atoms with Crippen LogP contribution in [0.15, 0.2) is 0 Å². The Morgan fingerprint density at radius 1 is 1.05 bits per heavy atom. The van der Waals surface area contributed by atoms with Crippen molar-refractivity contribution in [2.45, 2.75) is 57.9 Å². The maximum atomic E-state index is 12.1. The first kappa shape index (κ1) is 18.0. The second-order valence-corrected chi connectivity index (χ2v) is 6.35. The molecule has 5 heteroatoms. The third-order valence-corrected chi connectivity index (χ3v) is 4.03. The van der Waals surface area contributed by atoms with Crippen LogP contribution in [0.5, 0.6) is 0 Å². The molecule has 2 amide bonds. The maximum absolute atomic E-state index is 12.1. The van der Waals surface area contributed by atoms with Gasteiger partial charge in [0.05, 0.1) is 6.54 Å². The van der Waals surface area contributed by atoms with Gasteiger partial charge in [0.1, 0.15) is 0 Å². The van der Waals surface area contributed by atoms with Gasteiger partial charge < -0.3 is 15.1 Å². The van der Waals surface area contributed by atoms with Crippen LogP contribution >= 0.6 is 0 Å². The molecule has 21 heavy (non-hydrogen) atoms. The first-order valence-electron chi connectivity index (χ1n) is 8.18. The first-order chi connectivity index (χ1) is 9.99. The van der Waals surface area contributed by atoms with Gasteiger partial charge in [-0.05, 0) is 39.9 Å². The van der Waals surface area contributed by atoms with Gasteiger partial charge in [0.2, 0.25) is 11.8 Å².